The van der Waals surface area contributed by atoms with Crippen LogP contribution in [0.15, 0.2) is 18.2 Å². The number of rotatable bonds is 7. The molecular formula is C12H18FNO3. The van der Waals surface area contributed by atoms with Crippen molar-refractivity contribution in [3.8, 4) is 5.75 Å². The van der Waals surface area contributed by atoms with Crippen molar-refractivity contribution in [1.82, 2.24) is 5.32 Å². The first-order chi connectivity index (χ1) is 8.15. The van der Waals surface area contributed by atoms with E-state index in [0.717, 1.165) is 6.07 Å². The summed E-state index contributed by atoms with van der Waals surface area (Å²) in [5.41, 5.74) is 0.690. The maximum absolute atomic E-state index is 13.0. The Balaban J connectivity index is 2.39. The molecule has 0 aliphatic rings. The van der Waals surface area contributed by atoms with Crippen molar-refractivity contribution < 1.29 is 19.0 Å². The summed E-state index contributed by atoms with van der Waals surface area (Å²) in [6, 6.07) is 3.98. The van der Waals surface area contributed by atoms with Crippen molar-refractivity contribution in [2.24, 2.45) is 0 Å². The van der Waals surface area contributed by atoms with Crippen LogP contribution in [-0.2, 0) is 16.0 Å². The van der Waals surface area contributed by atoms with E-state index in [4.69, 9.17) is 9.47 Å². The van der Waals surface area contributed by atoms with Gasteiger partial charge in [0.1, 0.15) is 11.6 Å². The third-order valence-electron chi connectivity index (χ3n) is 2.33. The molecular weight excluding hydrogens is 225 g/mol. The normalized spacial score (nSPS) is 12.6. The molecule has 0 fully saturated rings. The van der Waals surface area contributed by atoms with Crippen LogP contribution in [0.4, 0.5) is 4.39 Å². The fraction of sp³-hybridized carbons (Fsp3) is 0.500. The number of hydrogen-bond donors (Lipinski definition) is 2. The van der Waals surface area contributed by atoms with Gasteiger partial charge in [0.2, 0.25) is 0 Å². The highest BCUT2D eigenvalue weighted by molar-refractivity contribution is 5.28. The van der Waals surface area contributed by atoms with Gasteiger partial charge in [0.15, 0.2) is 0 Å². The fourth-order valence-corrected chi connectivity index (χ4v) is 1.51. The molecule has 1 unspecified atom stereocenters. The summed E-state index contributed by atoms with van der Waals surface area (Å²) in [5, 5.41) is 12.3. The van der Waals surface area contributed by atoms with Crippen LogP contribution >= 0.6 is 0 Å². The van der Waals surface area contributed by atoms with Gasteiger partial charge in [-0.25, -0.2) is 4.39 Å². The molecule has 0 bridgehead atoms. The molecule has 1 rings (SSSR count). The quantitative estimate of drug-likeness (QED) is 0.757. The van der Waals surface area contributed by atoms with Gasteiger partial charge in [0.25, 0.3) is 0 Å². The third-order valence-corrected chi connectivity index (χ3v) is 2.33. The Hall–Kier alpha value is -1.17. The maximum Gasteiger partial charge on any atom is 0.127 e. The first kappa shape index (κ1) is 13.9. The Kier molecular flexibility index (Phi) is 5.90. The monoisotopic (exact) mass is 243 g/mol. The molecule has 0 saturated heterocycles. The van der Waals surface area contributed by atoms with Crippen LogP contribution in [0.2, 0.25) is 0 Å². The first-order valence-electron chi connectivity index (χ1n) is 5.36. The number of hydrogen-bond acceptors (Lipinski definition) is 4. The summed E-state index contributed by atoms with van der Waals surface area (Å²) in [7, 11) is 3.22. The standard InChI is InChI=1S/C12H18FNO3/c1-16-8-12(17-2)7-14-6-9-3-10(13)5-11(15)4-9/h3-5,12,14-15H,6-8H2,1-2H3. The molecule has 0 saturated carbocycles. The molecule has 0 amide bonds. The number of aromatic hydroxyl groups is 1. The van der Waals surface area contributed by atoms with E-state index in [1.807, 2.05) is 0 Å². The van der Waals surface area contributed by atoms with Gasteiger partial charge in [-0.15, -0.1) is 0 Å². The lowest BCUT2D eigenvalue weighted by atomic mass is 10.2. The third kappa shape index (κ3) is 5.12. The predicted octanol–water partition coefficient (Wildman–Crippen LogP) is 1.28. The number of phenols is 1. The van der Waals surface area contributed by atoms with Gasteiger partial charge in [-0.05, 0) is 17.7 Å². The summed E-state index contributed by atoms with van der Waals surface area (Å²) >= 11 is 0. The van der Waals surface area contributed by atoms with Gasteiger partial charge in [-0.3, -0.25) is 0 Å². The molecule has 0 heterocycles. The van der Waals surface area contributed by atoms with E-state index in [0.29, 0.717) is 25.3 Å². The second-order valence-electron chi connectivity index (χ2n) is 3.76. The van der Waals surface area contributed by atoms with Gasteiger partial charge in [-0.2, -0.15) is 0 Å². The van der Waals surface area contributed by atoms with Gasteiger partial charge in [0.05, 0.1) is 12.7 Å². The van der Waals surface area contributed by atoms with Crippen LogP contribution in [0.5, 0.6) is 5.75 Å². The van der Waals surface area contributed by atoms with Crippen LogP contribution in [0, 0.1) is 5.82 Å². The van der Waals surface area contributed by atoms with E-state index in [-0.39, 0.29) is 11.9 Å². The van der Waals surface area contributed by atoms with Gasteiger partial charge < -0.3 is 19.9 Å². The van der Waals surface area contributed by atoms with E-state index in [1.165, 1.54) is 12.1 Å². The zero-order valence-corrected chi connectivity index (χ0v) is 10.1. The molecule has 4 nitrogen and oxygen atoms in total. The highest BCUT2D eigenvalue weighted by Crippen LogP contribution is 2.14. The Labute approximate surface area is 100 Å². The molecule has 17 heavy (non-hydrogen) atoms. The Bertz CT molecular complexity index is 326. The van der Waals surface area contributed by atoms with Crippen molar-refractivity contribution in [3.63, 3.8) is 0 Å². The topological polar surface area (TPSA) is 50.7 Å². The molecule has 0 spiro atoms. The maximum atomic E-state index is 13.0. The number of methoxy groups -OCH3 is 2. The SMILES string of the molecule is COCC(CNCc1cc(O)cc(F)c1)OC. The van der Waals surface area contributed by atoms with Crippen molar-refractivity contribution in [1.29, 1.82) is 0 Å². The minimum absolute atomic E-state index is 0.0397. The fourth-order valence-electron chi connectivity index (χ4n) is 1.51. The van der Waals surface area contributed by atoms with Gasteiger partial charge in [-0.1, -0.05) is 0 Å². The summed E-state index contributed by atoms with van der Waals surface area (Å²) in [5.74, 6) is -0.510. The van der Waals surface area contributed by atoms with E-state index in [2.05, 4.69) is 5.32 Å². The van der Waals surface area contributed by atoms with Gasteiger partial charge in [0, 0.05) is 33.4 Å². The minimum atomic E-state index is -0.443. The second-order valence-corrected chi connectivity index (χ2v) is 3.76. The minimum Gasteiger partial charge on any atom is -0.508 e. The molecule has 1 aromatic carbocycles. The summed E-state index contributed by atoms with van der Waals surface area (Å²) in [6.45, 7) is 1.56. The number of halogens is 1. The van der Waals surface area contributed by atoms with Crippen LogP contribution in [-0.4, -0.2) is 38.6 Å². The molecule has 5 heteroatoms. The second kappa shape index (κ2) is 7.21. The molecule has 2 N–H and O–H groups in total. The molecule has 0 aromatic heterocycles. The number of ether oxygens (including phenoxy) is 2. The van der Waals surface area contributed by atoms with E-state index in [1.54, 1.807) is 14.2 Å². The highest BCUT2D eigenvalue weighted by Gasteiger charge is 2.06. The average Bonchev–Trinajstić information content (AvgIpc) is 2.26. The van der Waals surface area contributed by atoms with Crippen molar-refractivity contribution in [2.45, 2.75) is 12.6 Å². The smallest absolute Gasteiger partial charge is 0.127 e. The zero-order chi connectivity index (χ0) is 12.7. The summed E-state index contributed by atoms with van der Waals surface area (Å²) in [6.07, 6.45) is -0.0397. The molecule has 0 aliphatic carbocycles. The van der Waals surface area contributed by atoms with Crippen molar-refractivity contribution in [3.05, 3.63) is 29.6 Å². The van der Waals surface area contributed by atoms with Crippen LogP contribution < -0.4 is 5.32 Å². The molecule has 1 aromatic rings. The van der Waals surface area contributed by atoms with Crippen molar-refractivity contribution >= 4 is 0 Å². The summed E-state index contributed by atoms with van der Waals surface area (Å²) in [4.78, 5) is 0. The lowest BCUT2D eigenvalue weighted by molar-refractivity contribution is 0.0288. The summed E-state index contributed by atoms with van der Waals surface area (Å²) < 4.78 is 23.1. The van der Waals surface area contributed by atoms with Crippen molar-refractivity contribution in [2.75, 3.05) is 27.4 Å². The zero-order valence-electron chi connectivity index (χ0n) is 10.1. The Morgan fingerprint density at radius 1 is 1.35 bits per heavy atom. The van der Waals surface area contributed by atoms with E-state index in [9.17, 15) is 9.50 Å². The first-order valence-corrected chi connectivity index (χ1v) is 5.36. The van der Waals surface area contributed by atoms with E-state index >= 15 is 0 Å². The lowest BCUT2D eigenvalue weighted by Gasteiger charge is -2.15. The van der Waals surface area contributed by atoms with Crippen LogP contribution in [0.1, 0.15) is 5.56 Å². The van der Waals surface area contributed by atoms with Crippen LogP contribution in [0.3, 0.4) is 0 Å². The highest BCUT2D eigenvalue weighted by atomic mass is 19.1. The molecule has 1 atom stereocenters. The number of phenolic OH excluding ortho intramolecular Hbond substituents is 1. The average molecular weight is 243 g/mol. The number of benzene rings is 1. The van der Waals surface area contributed by atoms with Gasteiger partial charge >= 0.3 is 0 Å². The molecule has 0 aliphatic heterocycles. The van der Waals surface area contributed by atoms with Crippen LogP contribution in [0.25, 0.3) is 0 Å². The lowest BCUT2D eigenvalue weighted by Crippen LogP contribution is -2.31. The molecule has 0 radical (unpaired) electrons. The Morgan fingerprint density at radius 3 is 2.71 bits per heavy atom. The predicted molar refractivity (Wildman–Crippen MR) is 62.4 cm³/mol. The Morgan fingerprint density at radius 2 is 2.12 bits per heavy atom. The number of nitrogens with one attached hydrogen (secondary N) is 1. The largest absolute Gasteiger partial charge is 0.508 e. The molecule has 96 valence electrons. The van der Waals surface area contributed by atoms with E-state index < -0.39 is 5.82 Å².